The topological polar surface area (TPSA) is 72.5 Å². The minimum Gasteiger partial charge on any atom is -0.490 e. The third-order valence-electron chi connectivity index (χ3n) is 12.8. The standard InChI is InChI=1S/C61H80O7/c1-6-11-16-24-35-63-55-40-49-50-41-56(64-36-25-17-12-7-2)58(66-38-27-19-14-9-4)43-52(50)54-45-60(68-61(62)48-33-31-47(32-34-48)46-29-22-21-23-30-46)59(67-39-28-20-15-10-5)44-53(54)51(49)42-57(55)65-37-26-18-13-8-3/h21-23,29-34,40-45H,6-20,24-28,35-39H2,1-5H3. The van der Waals surface area contributed by atoms with Gasteiger partial charge in [-0.25, -0.2) is 4.79 Å². The van der Waals surface area contributed by atoms with Crippen LogP contribution in [0.1, 0.15) is 173 Å². The van der Waals surface area contributed by atoms with Crippen LogP contribution in [0.15, 0.2) is 91.0 Å². The number of esters is 1. The Morgan fingerprint density at radius 1 is 0.324 bits per heavy atom. The average Bonchev–Trinajstić information content (AvgIpc) is 3.36. The summed E-state index contributed by atoms with van der Waals surface area (Å²) >= 11 is 0. The predicted octanol–water partition coefficient (Wildman–Crippen LogP) is 17.8. The van der Waals surface area contributed by atoms with E-state index in [0.717, 1.165) is 163 Å². The maximum atomic E-state index is 14.1. The Kier molecular flexibility index (Phi) is 22.0. The summed E-state index contributed by atoms with van der Waals surface area (Å²) in [5.74, 6) is 3.41. The fourth-order valence-corrected chi connectivity index (χ4v) is 8.80. The summed E-state index contributed by atoms with van der Waals surface area (Å²) in [6.45, 7) is 14.1. The first-order valence-electron chi connectivity index (χ1n) is 26.6. The summed E-state index contributed by atoms with van der Waals surface area (Å²) in [5.41, 5.74) is 2.58. The monoisotopic (exact) mass is 925 g/mol. The van der Waals surface area contributed by atoms with E-state index in [4.69, 9.17) is 28.4 Å². The maximum absolute atomic E-state index is 14.1. The lowest BCUT2D eigenvalue weighted by molar-refractivity contribution is 0.0728. The smallest absolute Gasteiger partial charge is 0.343 e. The lowest BCUT2D eigenvalue weighted by Gasteiger charge is -2.20. The Hall–Kier alpha value is -5.43. The largest absolute Gasteiger partial charge is 0.490 e. The Balaban J connectivity index is 1.53. The summed E-state index contributed by atoms with van der Waals surface area (Å²) in [4.78, 5) is 14.1. The number of carbonyl (C=O) groups excluding carboxylic acids is 1. The lowest BCUT2D eigenvalue weighted by atomic mass is 9.93. The van der Waals surface area contributed by atoms with E-state index in [1.165, 1.54) is 32.1 Å². The van der Waals surface area contributed by atoms with E-state index in [2.05, 4.69) is 77.1 Å². The molecule has 0 aromatic heterocycles. The number of benzene rings is 6. The van der Waals surface area contributed by atoms with Crippen LogP contribution in [0.2, 0.25) is 0 Å². The number of hydrogen-bond donors (Lipinski definition) is 0. The van der Waals surface area contributed by atoms with Crippen LogP contribution >= 0.6 is 0 Å². The van der Waals surface area contributed by atoms with E-state index in [9.17, 15) is 4.79 Å². The van der Waals surface area contributed by atoms with Crippen molar-refractivity contribution in [3.05, 3.63) is 96.6 Å². The summed E-state index contributed by atoms with van der Waals surface area (Å²) in [6, 6.07) is 30.5. The molecular formula is C61H80O7. The van der Waals surface area contributed by atoms with Gasteiger partial charge in [-0.1, -0.05) is 173 Å². The van der Waals surface area contributed by atoms with E-state index in [0.29, 0.717) is 50.1 Å². The highest BCUT2D eigenvalue weighted by molar-refractivity contribution is 6.27. The summed E-state index contributed by atoms with van der Waals surface area (Å²) < 4.78 is 39.7. The Morgan fingerprint density at radius 3 is 0.912 bits per heavy atom. The van der Waals surface area contributed by atoms with Gasteiger partial charge in [-0.2, -0.15) is 0 Å². The van der Waals surface area contributed by atoms with Crippen molar-refractivity contribution in [1.29, 1.82) is 0 Å². The molecule has 0 atom stereocenters. The van der Waals surface area contributed by atoms with Crippen LogP contribution in [0.3, 0.4) is 0 Å². The molecule has 0 unspecified atom stereocenters. The molecule has 366 valence electrons. The van der Waals surface area contributed by atoms with Crippen LogP contribution in [0, 0.1) is 0 Å². The number of hydrogen-bond acceptors (Lipinski definition) is 7. The molecule has 6 rings (SSSR count). The van der Waals surface area contributed by atoms with Gasteiger partial charge in [-0.15, -0.1) is 0 Å². The Morgan fingerprint density at radius 2 is 0.603 bits per heavy atom. The predicted molar refractivity (Wildman–Crippen MR) is 284 cm³/mol. The molecular weight excluding hydrogens is 845 g/mol. The van der Waals surface area contributed by atoms with E-state index < -0.39 is 5.97 Å². The molecule has 0 aliphatic carbocycles. The molecule has 0 saturated carbocycles. The second kappa shape index (κ2) is 28.8. The number of carbonyl (C=O) groups is 1. The SMILES string of the molecule is CCCCCCOc1cc2c3cc(OCCCCCC)c(OCCCCCC)cc3c3cc(OC(=O)c4ccc(-c5ccccc5)cc4)c(OCCCCCC)cc3c2cc1OCCCCCC. The first kappa shape index (κ1) is 52.0. The zero-order chi connectivity index (χ0) is 47.8. The number of unbranched alkanes of at least 4 members (excludes halogenated alkanes) is 15. The van der Waals surface area contributed by atoms with Crippen molar-refractivity contribution >= 4 is 38.3 Å². The molecule has 68 heavy (non-hydrogen) atoms. The molecule has 6 aromatic carbocycles. The molecule has 0 aliphatic heterocycles. The van der Waals surface area contributed by atoms with Crippen molar-refractivity contribution in [2.45, 2.75) is 163 Å². The van der Waals surface area contributed by atoms with Gasteiger partial charge >= 0.3 is 5.97 Å². The summed E-state index contributed by atoms with van der Waals surface area (Å²) in [5, 5.41) is 5.88. The maximum Gasteiger partial charge on any atom is 0.343 e. The van der Waals surface area contributed by atoms with Gasteiger partial charge in [0.05, 0.1) is 38.6 Å². The highest BCUT2D eigenvalue weighted by Crippen LogP contribution is 2.47. The van der Waals surface area contributed by atoms with Crippen molar-refractivity contribution in [3.8, 4) is 45.6 Å². The van der Waals surface area contributed by atoms with Gasteiger partial charge in [-0.05, 0) is 124 Å². The molecule has 0 N–H and O–H groups in total. The van der Waals surface area contributed by atoms with Crippen molar-refractivity contribution in [2.75, 3.05) is 33.0 Å². The molecule has 0 spiro atoms. The van der Waals surface area contributed by atoms with Gasteiger partial charge in [0.15, 0.2) is 34.5 Å². The number of fused-ring (bicyclic) bond motifs is 6. The van der Waals surface area contributed by atoms with Crippen LogP contribution in [0.5, 0.6) is 34.5 Å². The fourth-order valence-electron chi connectivity index (χ4n) is 8.80. The molecule has 0 aliphatic rings. The first-order valence-corrected chi connectivity index (χ1v) is 26.6. The minimum atomic E-state index is -0.445. The minimum absolute atomic E-state index is 0.378. The molecule has 0 radical (unpaired) electrons. The first-order chi connectivity index (χ1) is 33.5. The van der Waals surface area contributed by atoms with E-state index in [-0.39, 0.29) is 0 Å². The lowest BCUT2D eigenvalue weighted by Crippen LogP contribution is -2.10. The zero-order valence-corrected chi connectivity index (χ0v) is 42.2. The molecule has 6 aromatic rings. The van der Waals surface area contributed by atoms with Crippen LogP contribution < -0.4 is 28.4 Å². The molecule has 0 heterocycles. The Labute approximate surface area is 408 Å². The average molecular weight is 925 g/mol. The Bertz CT molecular complexity index is 2370. The zero-order valence-electron chi connectivity index (χ0n) is 42.2. The van der Waals surface area contributed by atoms with E-state index in [1.54, 1.807) is 0 Å². The number of ether oxygens (including phenoxy) is 6. The van der Waals surface area contributed by atoms with Crippen molar-refractivity contribution in [2.24, 2.45) is 0 Å². The second-order valence-electron chi connectivity index (χ2n) is 18.4. The van der Waals surface area contributed by atoms with Gasteiger partial charge in [0.1, 0.15) is 0 Å². The summed E-state index contributed by atoms with van der Waals surface area (Å²) in [7, 11) is 0. The van der Waals surface area contributed by atoms with E-state index >= 15 is 0 Å². The van der Waals surface area contributed by atoms with Crippen LogP contribution in [-0.4, -0.2) is 39.0 Å². The van der Waals surface area contributed by atoms with Crippen molar-refractivity contribution < 1.29 is 33.2 Å². The molecule has 0 saturated heterocycles. The molecule has 7 nitrogen and oxygen atoms in total. The van der Waals surface area contributed by atoms with Gasteiger partial charge < -0.3 is 28.4 Å². The van der Waals surface area contributed by atoms with Crippen LogP contribution in [0.25, 0.3) is 43.4 Å². The third kappa shape index (κ3) is 15.0. The molecule has 0 fully saturated rings. The van der Waals surface area contributed by atoms with Gasteiger partial charge in [0, 0.05) is 0 Å². The fraction of sp³-hybridized carbons (Fsp3) is 0.492. The van der Waals surface area contributed by atoms with Gasteiger partial charge in [0.25, 0.3) is 0 Å². The second-order valence-corrected chi connectivity index (χ2v) is 18.4. The van der Waals surface area contributed by atoms with Crippen molar-refractivity contribution in [1.82, 2.24) is 0 Å². The van der Waals surface area contributed by atoms with Gasteiger partial charge in [-0.3, -0.25) is 0 Å². The van der Waals surface area contributed by atoms with Gasteiger partial charge in [0.2, 0.25) is 0 Å². The molecule has 0 amide bonds. The number of rotatable bonds is 33. The normalized spacial score (nSPS) is 11.4. The highest BCUT2D eigenvalue weighted by atomic mass is 16.6. The van der Waals surface area contributed by atoms with E-state index in [1.807, 2.05) is 48.5 Å². The highest BCUT2D eigenvalue weighted by Gasteiger charge is 2.22. The van der Waals surface area contributed by atoms with Crippen molar-refractivity contribution in [3.63, 3.8) is 0 Å². The summed E-state index contributed by atoms with van der Waals surface area (Å²) in [6.07, 6.45) is 22.0. The van der Waals surface area contributed by atoms with Crippen LogP contribution in [0.4, 0.5) is 0 Å². The molecule has 7 heteroatoms. The third-order valence-corrected chi connectivity index (χ3v) is 12.8. The molecule has 0 bridgehead atoms. The van der Waals surface area contributed by atoms with Crippen LogP contribution in [-0.2, 0) is 0 Å². The quantitative estimate of drug-likeness (QED) is 0.0176.